The molecule has 0 bridgehead atoms. The number of carbonyl (C=O) groups excluding carboxylic acids is 1. The predicted molar refractivity (Wildman–Crippen MR) is 114 cm³/mol. The Labute approximate surface area is 174 Å². The van der Waals surface area contributed by atoms with Gasteiger partial charge in [0.15, 0.2) is 5.82 Å². The van der Waals surface area contributed by atoms with E-state index >= 15 is 0 Å². The molecule has 1 aliphatic heterocycles. The number of methoxy groups -OCH3 is 1. The zero-order chi connectivity index (χ0) is 20.9. The van der Waals surface area contributed by atoms with Gasteiger partial charge in [-0.25, -0.2) is 4.39 Å². The fourth-order valence-corrected chi connectivity index (χ4v) is 3.58. The Kier molecular flexibility index (Phi) is 5.88. The highest BCUT2D eigenvalue weighted by atomic mass is 19.1. The Bertz CT molecular complexity index is 1000. The molecule has 1 amide bonds. The van der Waals surface area contributed by atoms with Gasteiger partial charge in [-0.1, -0.05) is 12.1 Å². The van der Waals surface area contributed by atoms with Crippen molar-refractivity contribution in [3.8, 4) is 17.0 Å². The van der Waals surface area contributed by atoms with Gasteiger partial charge in [-0.2, -0.15) is 0 Å². The van der Waals surface area contributed by atoms with Crippen LogP contribution in [0.3, 0.4) is 0 Å². The van der Waals surface area contributed by atoms with E-state index in [-0.39, 0.29) is 17.5 Å². The smallest absolute Gasteiger partial charge is 0.227 e. The minimum absolute atomic E-state index is 0.138. The van der Waals surface area contributed by atoms with Crippen molar-refractivity contribution in [3.05, 3.63) is 66.5 Å². The maximum absolute atomic E-state index is 13.7. The molecule has 6 nitrogen and oxygen atoms in total. The average Bonchev–Trinajstić information content (AvgIpc) is 2.81. The van der Waals surface area contributed by atoms with Crippen molar-refractivity contribution in [2.24, 2.45) is 5.92 Å². The summed E-state index contributed by atoms with van der Waals surface area (Å²) in [4.78, 5) is 14.6. The number of para-hydroxylation sites is 1. The van der Waals surface area contributed by atoms with Crippen molar-refractivity contribution in [1.82, 2.24) is 10.2 Å². The molecule has 3 aromatic rings. The van der Waals surface area contributed by atoms with Gasteiger partial charge >= 0.3 is 0 Å². The fourth-order valence-electron chi connectivity index (χ4n) is 3.58. The maximum Gasteiger partial charge on any atom is 0.227 e. The van der Waals surface area contributed by atoms with Crippen LogP contribution in [0.25, 0.3) is 11.3 Å². The Morgan fingerprint density at radius 2 is 1.77 bits per heavy atom. The van der Waals surface area contributed by atoms with Crippen molar-refractivity contribution >= 4 is 17.4 Å². The first kappa shape index (κ1) is 19.8. The molecule has 4 rings (SSSR count). The van der Waals surface area contributed by atoms with Crippen LogP contribution < -0.4 is 15.0 Å². The first-order valence-electron chi connectivity index (χ1n) is 9.92. The van der Waals surface area contributed by atoms with Gasteiger partial charge in [0, 0.05) is 24.6 Å². The minimum Gasteiger partial charge on any atom is -0.497 e. The lowest BCUT2D eigenvalue weighted by Gasteiger charge is -2.31. The number of piperidine rings is 1. The molecule has 2 aromatic carbocycles. The first-order valence-corrected chi connectivity index (χ1v) is 9.92. The van der Waals surface area contributed by atoms with Crippen molar-refractivity contribution in [2.75, 3.05) is 30.4 Å². The molecular weight excluding hydrogens is 383 g/mol. The lowest BCUT2D eigenvalue weighted by Crippen LogP contribution is -2.38. The highest BCUT2D eigenvalue weighted by Crippen LogP contribution is 2.25. The van der Waals surface area contributed by atoms with E-state index in [0.717, 1.165) is 22.8 Å². The van der Waals surface area contributed by atoms with E-state index in [1.165, 1.54) is 6.07 Å². The lowest BCUT2D eigenvalue weighted by molar-refractivity contribution is -0.120. The highest BCUT2D eigenvalue weighted by molar-refractivity contribution is 5.92. The number of hydrogen-bond acceptors (Lipinski definition) is 5. The molecule has 1 saturated heterocycles. The predicted octanol–water partition coefficient (Wildman–Crippen LogP) is 4.15. The van der Waals surface area contributed by atoms with Crippen LogP contribution in [0.5, 0.6) is 5.75 Å². The van der Waals surface area contributed by atoms with Crippen LogP contribution in [0.4, 0.5) is 15.9 Å². The summed E-state index contributed by atoms with van der Waals surface area (Å²) in [5, 5.41) is 11.4. The summed E-state index contributed by atoms with van der Waals surface area (Å²) in [6, 6.07) is 17.8. The molecule has 7 heteroatoms. The van der Waals surface area contributed by atoms with E-state index < -0.39 is 5.82 Å². The standard InChI is InChI=1S/C23H23FN4O2/c1-30-18-8-6-16(7-9-18)20-10-11-22(27-26-20)28-14-12-17(13-15-28)23(29)25-21-5-3-2-4-19(21)24/h2-11,17H,12-15H2,1H3,(H,25,29). The van der Waals surface area contributed by atoms with Crippen LogP contribution in [-0.2, 0) is 4.79 Å². The Morgan fingerprint density at radius 3 is 2.40 bits per heavy atom. The summed E-state index contributed by atoms with van der Waals surface area (Å²) in [7, 11) is 1.64. The second-order valence-electron chi connectivity index (χ2n) is 7.24. The van der Waals surface area contributed by atoms with E-state index in [1.54, 1.807) is 25.3 Å². The molecule has 0 aliphatic carbocycles. The van der Waals surface area contributed by atoms with Gasteiger partial charge in [0.05, 0.1) is 18.5 Å². The second-order valence-corrected chi connectivity index (χ2v) is 7.24. The maximum atomic E-state index is 13.7. The Morgan fingerprint density at radius 1 is 1.03 bits per heavy atom. The van der Waals surface area contributed by atoms with Crippen LogP contribution in [-0.4, -0.2) is 36.3 Å². The summed E-state index contributed by atoms with van der Waals surface area (Å²) in [6.07, 6.45) is 1.37. The lowest BCUT2D eigenvalue weighted by atomic mass is 9.95. The topological polar surface area (TPSA) is 67.3 Å². The SMILES string of the molecule is COc1ccc(-c2ccc(N3CCC(C(=O)Nc4ccccc4F)CC3)nn2)cc1. The Hall–Kier alpha value is -3.48. The molecule has 1 fully saturated rings. The molecular formula is C23H23FN4O2. The quantitative estimate of drug-likeness (QED) is 0.690. The van der Waals surface area contributed by atoms with Crippen LogP contribution >= 0.6 is 0 Å². The number of rotatable bonds is 5. The normalized spacial score (nSPS) is 14.4. The number of anilines is 2. The molecule has 30 heavy (non-hydrogen) atoms. The Balaban J connectivity index is 1.34. The third-order valence-electron chi connectivity index (χ3n) is 5.36. The first-order chi connectivity index (χ1) is 14.6. The molecule has 1 aromatic heterocycles. The number of halogens is 1. The van der Waals surface area contributed by atoms with Gasteiger partial charge in [-0.05, 0) is 61.4 Å². The van der Waals surface area contributed by atoms with Gasteiger partial charge in [-0.3, -0.25) is 4.79 Å². The minimum atomic E-state index is -0.421. The van der Waals surface area contributed by atoms with E-state index in [1.807, 2.05) is 36.4 Å². The molecule has 0 unspecified atom stereocenters. The molecule has 154 valence electrons. The van der Waals surface area contributed by atoms with Crippen LogP contribution in [0, 0.1) is 11.7 Å². The van der Waals surface area contributed by atoms with Crippen molar-refractivity contribution in [1.29, 1.82) is 0 Å². The summed E-state index contributed by atoms with van der Waals surface area (Å²) >= 11 is 0. The number of hydrogen-bond donors (Lipinski definition) is 1. The van der Waals surface area contributed by atoms with Crippen molar-refractivity contribution in [2.45, 2.75) is 12.8 Å². The summed E-state index contributed by atoms with van der Waals surface area (Å²) in [5.41, 5.74) is 1.99. The molecule has 1 aliphatic rings. The molecule has 0 atom stereocenters. The third-order valence-corrected chi connectivity index (χ3v) is 5.36. The number of aromatic nitrogens is 2. The van der Waals surface area contributed by atoms with E-state index in [9.17, 15) is 9.18 Å². The summed E-state index contributed by atoms with van der Waals surface area (Å²) in [6.45, 7) is 1.40. The molecule has 0 spiro atoms. The van der Waals surface area contributed by atoms with E-state index in [0.29, 0.717) is 25.9 Å². The molecule has 0 saturated carbocycles. The van der Waals surface area contributed by atoms with Gasteiger partial charge in [0.1, 0.15) is 11.6 Å². The monoisotopic (exact) mass is 406 g/mol. The van der Waals surface area contributed by atoms with Gasteiger partial charge < -0.3 is 15.0 Å². The number of benzene rings is 2. The van der Waals surface area contributed by atoms with Crippen LogP contribution in [0.15, 0.2) is 60.7 Å². The van der Waals surface area contributed by atoms with E-state index in [2.05, 4.69) is 20.4 Å². The number of nitrogens with zero attached hydrogens (tertiary/aromatic N) is 3. The molecule has 0 radical (unpaired) electrons. The number of amides is 1. The number of carbonyl (C=O) groups is 1. The molecule has 2 heterocycles. The summed E-state index contributed by atoms with van der Waals surface area (Å²) < 4.78 is 18.9. The van der Waals surface area contributed by atoms with Crippen molar-refractivity contribution < 1.29 is 13.9 Å². The molecule has 1 N–H and O–H groups in total. The average molecular weight is 406 g/mol. The zero-order valence-corrected chi connectivity index (χ0v) is 16.7. The highest BCUT2D eigenvalue weighted by Gasteiger charge is 2.26. The van der Waals surface area contributed by atoms with Crippen LogP contribution in [0.2, 0.25) is 0 Å². The van der Waals surface area contributed by atoms with Gasteiger partial charge in [0.25, 0.3) is 0 Å². The van der Waals surface area contributed by atoms with Crippen molar-refractivity contribution in [3.63, 3.8) is 0 Å². The third kappa shape index (κ3) is 4.40. The van der Waals surface area contributed by atoms with Gasteiger partial charge in [-0.15, -0.1) is 10.2 Å². The van der Waals surface area contributed by atoms with E-state index in [4.69, 9.17) is 4.74 Å². The largest absolute Gasteiger partial charge is 0.497 e. The fraction of sp³-hybridized carbons (Fsp3) is 0.261. The zero-order valence-electron chi connectivity index (χ0n) is 16.7. The second kappa shape index (κ2) is 8.90. The van der Waals surface area contributed by atoms with Crippen LogP contribution in [0.1, 0.15) is 12.8 Å². The number of ether oxygens (including phenoxy) is 1. The number of nitrogens with one attached hydrogen (secondary N) is 1. The van der Waals surface area contributed by atoms with Gasteiger partial charge in [0.2, 0.25) is 5.91 Å². The summed E-state index contributed by atoms with van der Waals surface area (Å²) in [5.74, 6) is 0.883.